The first-order chi connectivity index (χ1) is 10.1. The van der Waals surface area contributed by atoms with Crippen LogP contribution in [0.3, 0.4) is 0 Å². The van der Waals surface area contributed by atoms with E-state index < -0.39 is 11.6 Å². The maximum absolute atomic E-state index is 13.9. The van der Waals surface area contributed by atoms with E-state index in [2.05, 4.69) is 10.3 Å². The molecule has 2 aromatic carbocycles. The van der Waals surface area contributed by atoms with Gasteiger partial charge in [-0.25, -0.2) is 13.2 Å². The Kier molecular flexibility index (Phi) is 3.48. The van der Waals surface area contributed by atoms with Gasteiger partial charge in [0.25, 0.3) is 0 Å². The Morgan fingerprint density at radius 3 is 2.33 bits per heavy atom. The van der Waals surface area contributed by atoms with Crippen LogP contribution < -0.4 is 5.32 Å². The third-order valence-corrected chi connectivity index (χ3v) is 3.19. The van der Waals surface area contributed by atoms with Crippen molar-refractivity contribution in [3.8, 4) is 0 Å². The van der Waals surface area contributed by atoms with Crippen molar-refractivity contribution in [2.45, 2.75) is 6.54 Å². The molecule has 0 saturated heterocycles. The molecule has 0 radical (unpaired) electrons. The summed E-state index contributed by atoms with van der Waals surface area (Å²) in [6, 6.07) is 9.65. The van der Waals surface area contributed by atoms with Gasteiger partial charge in [-0.3, -0.25) is 4.98 Å². The van der Waals surface area contributed by atoms with Crippen LogP contribution in [0.1, 0.15) is 5.56 Å². The smallest absolute Gasteiger partial charge is 0.149 e. The zero-order valence-corrected chi connectivity index (χ0v) is 10.9. The van der Waals surface area contributed by atoms with E-state index in [1.54, 1.807) is 18.2 Å². The Hall–Kier alpha value is -2.56. The fourth-order valence-electron chi connectivity index (χ4n) is 2.14. The Balaban J connectivity index is 1.94. The molecule has 0 amide bonds. The van der Waals surface area contributed by atoms with Gasteiger partial charge in [0.1, 0.15) is 23.0 Å². The molecule has 21 heavy (non-hydrogen) atoms. The zero-order valence-electron chi connectivity index (χ0n) is 10.9. The number of benzene rings is 2. The Morgan fingerprint density at radius 1 is 0.857 bits per heavy atom. The first-order valence-corrected chi connectivity index (χ1v) is 6.36. The summed E-state index contributed by atoms with van der Waals surface area (Å²) in [5.74, 6) is -1.43. The van der Waals surface area contributed by atoms with Crippen LogP contribution in [0.5, 0.6) is 0 Å². The minimum atomic E-state index is -0.572. The van der Waals surface area contributed by atoms with Crippen molar-refractivity contribution < 1.29 is 13.2 Å². The highest BCUT2D eigenvalue weighted by molar-refractivity contribution is 5.91. The lowest BCUT2D eigenvalue weighted by Crippen LogP contribution is -2.02. The predicted octanol–water partition coefficient (Wildman–Crippen LogP) is 4.26. The standard InChI is InChI=1S/C16H11F3N2/c17-11-3-1-10(2-4-11)9-21-14-7-8-20-16-13(19)6-5-12(18)15(14)16/h1-8H,9H2,(H,20,21). The van der Waals surface area contributed by atoms with Gasteiger partial charge in [0.2, 0.25) is 0 Å². The summed E-state index contributed by atoms with van der Waals surface area (Å²) < 4.78 is 40.4. The second kappa shape index (κ2) is 5.44. The second-order valence-corrected chi connectivity index (χ2v) is 4.59. The fraction of sp³-hybridized carbons (Fsp3) is 0.0625. The molecule has 0 saturated carbocycles. The van der Waals surface area contributed by atoms with Gasteiger partial charge in [0.05, 0.1) is 5.39 Å². The quantitative estimate of drug-likeness (QED) is 0.778. The van der Waals surface area contributed by atoms with Gasteiger partial charge in [-0.05, 0) is 35.9 Å². The van der Waals surface area contributed by atoms with E-state index in [4.69, 9.17) is 0 Å². The number of hydrogen-bond acceptors (Lipinski definition) is 2. The topological polar surface area (TPSA) is 24.9 Å². The summed E-state index contributed by atoms with van der Waals surface area (Å²) in [6.07, 6.45) is 1.41. The minimum absolute atomic E-state index is 0.0147. The number of aromatic nitrogens is 1. The van der Waals surface area contributed by atoms with Crippen molar-refractivity contribution in [2.75, 3.05) is 5.32 Å². The van der Waals surface area contributed by atoms with Gasteiger partial charge in [-0.15, -0.1) is 0 Å². The van der Waals surface area contributed by atoms with Crippen LogP contribution in [-0.4, -0.2) is 4.98 Å². The molecule has 3 aromatic rings. The molecule has 1 N–H and O–H groups in total. The molecule has 106 valence electrons. The van der Waals surface area contributed by atoms with Gasteiger partial charge in [0.15, 0.2) is 0 Å². The van der Waals surface area contributed by atoms with Crippen LogP contribution in [-0.2, 0) is 6.54 Å². The molecule has 0 unspecified atom stereocenters. The number of anilines is 1. The van der Waals surface area contributed by atoms with E-state index in [0.29, 0.717) is 12.2 Å². The molecular weight excluding hydrogens is 277 g/mol. The summed E-state index contributed by atoms with van der Waals surface area (Å²) in [4.78, 5) is 3.86. The Morgan fingerprint density at radius 2 is 1.57 bits per heavy atom. The largest absolute Gasteiger partial charge is 0.380 e. The molecule has 1 heterocycles. The minimum Gasteiger partial charge on any atom is -0.380 e. The number of halogens is 3. The lowest BCUT2D eigenvalue weighted by atomic mass is 10.1. The van der Waals surface area contributed by atoms with Crippen LogP contribution >= 0.6 is 0 Å². The van der Waals surface area contributed by atoms with Crippen molar-refractivity contribution in [3.05, 3.63) is 71.7 Å². The number of hydrogen-bond donors (Lipinski definition) is 1. The van der Waals surface area contributed by atoms with E-state index >= 15 is 0 Å². The van der Waals surface area contributed by atoms with Crippen molar-refractivity contribution in [1.29, 1.82) is 0 Å². The molecule has 0 aliphatic carbocycles. The Labute approximate surface area is 119 Å². The normalized spacial score (nSPS) is 10.8. The van der Waals surface area contributed by atoms with Crippen LogP contribution in [0.25, 0.3) is 10.9 Å². The number of nitrogens with zero attached hydrogens (tertiary/aromatic N) is 1. The average molecular weight is 288 g/mol. The fourth-order valence-corrected chi connectivity index (χ4v) is 2.14. The van der Waals surface area contributed by atoms with E-state index in [0.717, 1.165) is 17.7 Å². The Bertz CT molecular complexity index is 785. The van der Waals surface area contributed by atoms with Gasteiger partial charge < -0.3 is 5.32 Å². The lowest BCUT2D eigenvalue weighted by Gasteiger charge is -2.10. The molecule has 0 aliphatic rings. The van der Waals surface area contributed by atoms with E-state index in [1.165, 1.54) is 18.3 Å². The SMILES string of the molecule is Fc1ccc(CNc2ccnc3c(F)ccc(F)c23)cc1. The molecule has 5 heteroatoms. The molecule has 2 nitrogen and oxygen atoms in total. The maximum atomic E-state index is 13.9. The summed E-state index contributed by atoms with van der Waals surface area (Å²) >= 11 is 0. The van der Waals surface area contributed by atoms with Crippen molar-refractivity contribution in [2.24, 2.45) is 0 Å². The number of pyridine rings is 1. The van der Waals surface area contributed by atoms with Gasteiger partial charge >= 0.3 is 0 Å². The monoisotopic (exact) mass is 288 g/mol. The highest BCUT2D eigenvalue weighted by atomic mass is 19.1. The average Bonchev–Trinajstić information content (AvgIpc) is 2.50. The van der Waals surface area contributed by atoms with E-state index in [1.807, 2.05) is 0 Å². The summed E-state index contributed by atoms with van der Waals surface area (Å²) in [5.41, 5.74) is 1.26. The molecule has 3 rings (SSSR count). The highest BCUT2D eigenvalue weighted by Gasteiger charge is 2.11. The van der Waals surface area contributed by atoms with Crippen molar-refractivity contribution in [3.63, 3.8) is 0 Å². The third kappa shape index (κ3) is 2.67. The van der Waals surface area contributed by atoms with Crippen LogP contribution in [0, 0.1) is 17.5 Å². The molecule has 0 fully saturated rings. The summed E-state index contributed by atoms with van der Waals surface area (Å²) in [6.45, 7) is 0.370. The number of fused-ring (bicyclic) bond motifs is 1. The molecule has 1 aromatic heterocycles. The molecule has 0 atom stereocenters. The first kappa shape index (κ1) is 13.4. The van der Waals surface area contributed by atoms with Crippen LogP contribution in [0.4, 0.5) is 18.9 Å². The van der Waals surface area contributed by atoms with Gasteiger partial charge in [-0.1, -0.05) is 12.1 Å². The summed E-state index contributed by atoms with van der Waals surface area (Å²) in [7, 11) is 0. The van der Waals surface area contributed by atoms with Crippen molar-refractivity contribution in [1.82, 2.24) is 4.98 Å². The predicted molar refractivity (Wildman–Crippen MR) is 75.4 cm³/mol. The van der Waals surface area contributed by atoms with Crippen LogP contribution in [0.15, 0.2) is 48.7 Å². The zero-order chi connectivity index (χ0) is 14.8. The van der Waals surface area contributed by atoms with E-state index in [-0.39, 0.29) is 16.7 Å². The lowest BCUT2D eigenvalue weighted by molar-refractivity contribution is 0.615. The molecule has 0 aliphatic heterocycles. The molecule has 0 spiro atoms. The highest BCUT2D eigenvalue weighted by Crippen LogP contribution is 2.26. The van der Waals surface area contributed by atoms with Gasteiger partial charge in [-0.2, -0.15) is 0 Å². The van der Waals surface area contributed by atoms with Crippen LogP contribution in [0.2, 0.25) is 0 Å². The summed E-state index contributed by atoms with van der Waals surface area (Å²) in [5, 5.41) is 3.13. The number of rotatable bonds is 3. The van der Waals surface area contributed by atoms with Gasteiger partial charge in [0, 0.05) is 18.4 Å². The number of nitrogens with one attached hydrogen (secondary N) is 1. The first-order valence-electron chi connectivity index (χ1n) is 6.36. The molecule has 0 bridgehead atoms. The third-order valence-electron chi connectivity index (χ3n) is 3.19. The maximum Gasteiger partial charge on any atom is 0.149 e. The van der Waals surface area contributed by atoms with E-state index in [9.17, 15) is 13.2 Å². The van der Waals surface area contributed by atoms with Crippen molar-refractivity contribution >= 4 is 16.6 Å². The molecular formula is C16H11F3N2. The second-order valence-electron chi connectivity index (χ2n) is 4.59.